The zero-order chi connectivity index (χ0) is 14.0. The van der Waals surface area contributed by atoms with Crippen molar-refractivity contribution in [2.75, 3.05) is 17.2 Å². The van der Waals surface area contributed by atoms with E-state index in [-0.39, 0.29) is 23.4 Å². The first-order valence-electron chi connectivity index (χ1n) is 4.03. The molecule has 1 aromatic rings. The Morgan fingerprint density at radius 1 is 1.06 bits per heavy atom. The molecule has 0 bridgehead atoms. The number of nitrogen functional groups attached to an aromatic ring is 3. The van der Waals surface area contributed by atoms with E-state index in [1.807, 2.05) is 6.79 Å². The molecule has 0 spiro atoms. The monoisotopic (exact) mass is 242 g/mol. The summed E-state index contributed by atoms with van der Waals surface area (Å²) in [7, 11) is 0. The van der Waals surface area contributed by atoms with E-state index in [4.69, 9.17) is 27.1 Å². The van der Waals surface area contributed by atoms with E-state index in [0.717, 1.165) is 0 Å². The van der Waals surface area contributed by atoms with Crippen molar-refractivity contribution >= 4 is 30.6 Å². The van der Waals surface area contributed by atoms with Gasteiger partial charge < -0.3 is 27.1 Å². The Bertz CT molecular complexity index is 332. The molecule has 17 heavy (non-hydrogen) atoms. The van der Waals surface area contributed by atoms with Gasteiger partial charge in [-0.15, -0.1) is 0 Å². The Kier molecular flexibility index (Phi) is 8.44. The number of carbonyl (C=O) groups excluding carboxylic acids is 1. The lowest BCUT2D eigenvalue weighted by Crippen LogP contribution is -2.05. The molecule has 0 aliphatic carbocycles. The van der Waals surface area contributed by atoms with Crippen LogP contribution in [-0.2, 0) is 9.59 Å². The number of carboxylic acids is 1. The lowest BCUT2D eigenvalue weighted by Gasteiger charge is -1.93. The van der Waals surface area contributed by atoms with E-state index in [9.17, 15) is 4.79 Å². The molecule has 0 radical (unpaired) electrons. The van der Waals surface area contributed by atoms with Gasteiger partial charge in [-0.3, -0.25) is 0 Å². The predicted octanol–water partition coefficient (Wildman–Crippen LogP) is -0.920. The molecule has 1 rings (SSSR count). The van der Waals surface area contributed by atoms with Gasteiger partial charge in [-0.1, -0.05) is 6.58 Å². The molecule has 0 atom stereocenters. The van der Waals surface area contributed by atoms with Gasteiger partial charge in [-0.05, 0) is 6.92 Å². The molecule has 9 heteroatoms. The molecule has 1 heterocycles. The Morgan fingerprint density at radius 2 is 1.24 bits per heavy atom. The number of anilines is 3. The summed E-state index contributed by atoms with van der Waals surface area (Å²) in [5.74, 6) is -0.810. The number of hydrogen-bond acceptors (Lipinski definition) is 8. The maximum atomic E-state index is 9.60. The summed E-state index contributed by atoms with van der Waals surface area (Å²) in [5.41, 5.74) is 15.6. The van der Waals surface area contributed by atoms with Crippen molar-refractivity contribution in [2.24, 2.45) is 0 Å². The number of aromatic nitrogens is 3. The molecule has 0 aromatic carbocycles. The Labute approximate surface area is 97.4 Å². The SMILES string of the molecule is C=C(C)C(=O)O.C=O.Nc1nc(N)nc(N)n1. The highest BCUT2D eigenvalue weighted by Gasteiger charge is 1.93. The van der Waals surface area contributed by atoms with Gasteiger partial charge in [0.1, 0.15) is 6.79 Å². The number of nitrogens with zero attached hydrogens (tertiary/aromatic N) is 3. The van der Waals surface area contributed by atoms with Crippen molar-refractivity contribution in [3.8, 4) is 0 Å². The van der Waals surface area contributed by atoms with Crippen LogP contribution in [0.15, 0.2) is 12.2 Å². The predicted molar refractivity (Wildman–Crippen MR) is 62.6 cm³/mol. The summed E-state index contributed by atoms with van der Waals surface area (Å²) in [4.78, 5) is 28.1. The molecule has 94 valence electrons. The largest absolute Gasteiger partial charge is 0.478 e. The minimum atomic E-state index is -0.935. The van der Waals surface area contributed by atoms with Gasteiger partial charge in [0.05, 0.1) is 0 Å². The van der Waals surface area contributed by atoms with Crippen LogP contribution < -0.4 is 17.2 Å². The summed E-state index contributed by atoms with van der Waals surface area (Å²) in [6, 6.07) is 0. The maximum Gasteiger partial charge on any atom is 0.330 e. The summed E-state index contributed by atoms with van der Waals surface area (Å²) < 4.78 is 0. The molecule has 7 N–H and O–H groups in total. The summed E-state index contributed by atoms with van der Waals surface area (Å²) >= 11 is 0. The van der Waals surface area contributed by atoms with Crippen LogP contribution >= 0.6 is 0 Å². The second-order valence-corrected chi connectivity index (χ2v) is 2.50. The van der Waals surface area contributed by atoms with Gasteiger partial charge in [-0.2, -0.15) is 15.0 Å². The number of aliphatic carboxylic acids is 1. The Morgan fingerprint density at radius 3 is 1.35 bits per heavy atom. The Balaban J connectivity index is 0. The molecule has 0 amide bonds. The van der Waals surface area contributed by atoms with E-state index in [1.54, 1.807) is 0 Å². The molecular formula is C8H14N6O3. The third-order valence-corrected chi connectivity index (χ3v) is 1.05. The summed E-state index contributed by atoms with van der Waals surface area (Å²) in [5, 5.41) is 7.89. The standard InChI is InChI=1S/C4H6O2.C3H6N6.CH2O/c1-3(2)4(5)6;4-1-7-2(5)9-3(6)8-1;1-2/h1H2,2H3,(H,5,6);(H6,4,5,6,7,8,9);1H2. The van der Waals surface area contributed by atoms with Gasteiger partial charge in [0.25, 0.3) is 0 Å². The lowest BCUT2D eigenvalue weighted by atomic mass is 10.4. The van der Waals surface area contributed by atoms with Crippen LogP contribution in [0.2, 0.25) is 0 Å². The second kappa shape index (κ2) is 8.59. The molecular weight excluding hydrogens is 228 g/mol. The maximum absolute atomic E-state index is 9.60. The van der Waals surface area contributed by atoms with Crippen LogP contribution in [0.25, 0.3) is 0 Å². The summed E-state index contributed by atoms with van der Waals surface area (Å²) in [6.07, 6.45) is 0. The van der Waals surface area contributed by atoms with Crippen molar-refractivity contribution < 1.29 is 14.7 Å². The first-order chi connectivity index (χ1) is 7.82. The quantitative estimate of drug-likeness (QED) is 0.454. The fraction of sp³-hybridized carbons (Fsp3) is 0.125. The smallest absolute Gasteiger partial charge is 0.330 e. The van der Waals surface area contributed by atoms with Crippen molar-refractivity contribution in [1.82, 2.24) is 15.0 Å². The van der Waals surface area contributed by atoms with Crippen molar-refractivity contribution in [3.63, 3.8) is 0 Å². The van der Waals surface area contributed by atoms with E-state index in [1.165, 1.54) is 6.92 Å². The van der Waals surface area contributed by atoms with Crippen LogP contribution in [0.5, 0.6) is 0 Å². The van der Waals surface area contributed by atoms with Crippen LogP contribution in [-0.4, -0.2) is 32.8 Å². The highest BCUT2D eigenvalue weighted by Crippen LogP contribution is 1.97. The fourth-order valence-corrected chi connectivity index (χ4v) is 0.427. The van der Waals surface area contributed by atoms with E-state index in [0.29, 0.717) is 0 Å². The molecule has 0 saturated carbocycles. The van der Waals surface area contributed by atoms with Crippen LogP contribution in [0.4, 0.5) is 17.8 Å². The molecule has 0 fully saturated rings. The van der Waals surface area contributed by atoms with E-state index in [2.05, 4.69) is 21.5 Å². The van der Waals surface area contributed by atoms with Crippen LogP contribution in [0, 0.1) is 0 Å². The fourth-order valence-electron chi connectivity index (χ4n) is 0.427. The Hall–Kier alpha value is -2.71. The minimum absolute atomic E-state index is 0.0417. The highest BCUT2D eigenvalue weighted by atomic mass is 16.4. The number of hydrogen-bond donors (Lipinski definition) is 4. The van der Waals surface area contributed by atoms with Crippen LogP contribution in [0.1, 0.15) is 6.92 Å². The normalized spacial score (nSPS) is 7.82. The van der Waals surface area contributed by atoms with Gasteiger partial charge in [0, 0.05) is 5.57 Å². The zero-order valence-electron chi connectivity index (χ0n) is 9.25. The molecule has 1 aromatic heterocycles. The molecule has 0 saturated heterocycles. The van der Waals surface area contributed by atoms with Crippen molar-refractivity contribution in [3.05, 3.63) is 12.2 Å². The summed E-state index contributed by atoms with van der Waals surface area (Å²) in [6.45, 7) is 6.60. The average Bonchev–Trinajstić information content (AvgIpc) is 2.19. The molecule has 0 aliphatic rings. The third kappa shape index (κ3) is 9.59. The average molecular weight is 242 g/mol. The van der Waals surface area contributed by atoms with Crippen molar-refractivity contribution in [2.45, 2.75) is 6.92 Å². The molecule has 0 unspecified atom stereocenters. The van der Waals surface area contributed by atoms with E-state index < -0.39 is 5.97 Å². The van der Waals surface area contributed by atoms with Gasteiger partial charge in [0.15, 0.2) is 0 Å². The van der Waals surface area contributed by atoms with Gasteiger partial charge in [-0.25, -0.2) is 4.79 Å². The van der Waals surface area contributed by atoms with Crippen LogP contribution in [0.3, 0.4) is 0 Å². The van der Waals surface area contributed by atoms with E-state index >= 15 is 0 Å². The second-order valence-electron chi connectivity index (χ2n) is 2.50. The number of rotatable bonds is 1. The zero-order valence-corrected chi connectivity index (χ0v) is 9.25. The van der Waals surface area contributed by atoms with Gasteiger partial charge in [0.2, 0.25) is 17.8 Å². The topological polar surface area (TPSA) is 171 Å². The van der Waals surface area contributed by atoms with Crippen molar-refractivity contribution in [1.29, 1.82) is 0 Å². The highest BCUT2D eigenvalue weighted by molar-refractivity contribution is 5.84. The minimum Gasteiger partial charge on any atom is -0.478 e. The first kappa shape index (κ1) is 16.7. The molecule has 9 nitrogen and oxygen atoms in total. The number of carbonyl (C=O) groups is 2. The number of nitrogens with two attached hydrogens (primary N) is 3. The van der Waals surface area contributed by atoms with Gasteiger partial charge >= 0.3 is 5.97 Å². The molecule has 0 aliphatic heterocycles. The first-order valence-corrected chi connectivity index (χ1v) is 4.03. The third-order valence-electron chi connectivity index (χ3n) is 1.05. The lowest BCUT2D eigenvalue weighted by molar-refractivity contribution is -0.132. The number of carboxylic acid groups (broad SMARTS) is 1.